The average molecular weight is 552 g/mol. The second-order valence-corrected chi connectivity index (χ2v) is 11.1. The van der Waals surface area contributed by atoms with Gasteiger partial charge in [0.25, 0.3) is 0 Å². The van der Waals surface area contributed by atoms with Crippen molar-refractivity contribution in [2.24, 2.45) is 0 Å². The number of hydrogen-bond acceptors (Lipinski definition) is 5. The number of unbranched alkanes of at least 4 members (excludes halogenated alkanes) is 1. The first-order valence-electron chi connectivity index (χ1n) is 12.6. The molecule has 0 spiro atoms. The van der Waals surface area contributed by atoms with Crippen LogP contribution in [0.3, 0.4) is 0 Å². The van der Waals surface area contributed by atoms with Crippen LogP contribution in [0, 0.1) is 0 Å². The minimum absolute atomic E-state index is 0.0695. The van der Waals surface area contributed by atoms with Gasteiger partial charge in [-0.1, -0.05) is 43.1 Å². The minimum Gasteiger partial charge on any atom is -0.494 e. The number of carbonyl (C=O) groups is 2. The highest BCUT2D eigenvalue weighted by Gasteiger charge is 2.27. The molecule has 0 aliphatic rings. The number of halogens is 1. The first-order chi connectivity index (χ1) is 17.6. The first-order valence-corrected chi connectivity index (χ1v) is 14.8. The molecule has 1 atom stereocenters. The average Bonchev–Trinajstić information content (AvgIpc) is 2.86. The number of nitrogens with one attached hydrogen (secondary N) is 1. The molecule has 0 bridgehead atoms. The number of ether oxygens (including phenoxy) is 1. The predicted molar refractivity (Wildman–Crippen MR) is 148 cm³/mol. The molecule has 204 valence electrons. The van der Waals surface area contributed by atoms with Crippen molar-refractivity contribution in [3.63, 3.8) is 0 Å². The smallest absolute Gasteiger partial charge is 0.242 e. The zero-order valence-electron chi connectivity index (χ0n) is 22.1. The van der Waals surface area contributed by atoms with E-state index in [2.05, 4.69) is 5.32 Å². The molecule has 2 rings (SSSR count). The van der Waals surface area contributed by atoms with Gasteiger partial charge in [-0.3, -0.25) is 13.9 Å². The molecule has 0 heterocycles. The Bertz CT molecular complexity index is 1130. The molecule has 2 amide bonds. The summed E-state index contributed by atoms with van der Waals surface area (Å²) in [7, 11) is -3.57. The van der Waals surface area contributed by atoms with Crippen LogP contribution in [0.15, 0.2) is 48.5 Å². The van der Waals surface area contributed by atoms with Gasteiger partial charge in [0.1, 0.15) is 11.8 Å². The lowest BCUT2D eigenvalue weighted by Crippen LogP contribution is -2.48. The molecule has 8 nitrogen and oxygen atoms in total. The summed E-state index contributed by atoms with van der Waals surface area (Å²) in [5.41, 5.74) is 1.23. The molecule has 37 heavy (non-hydrogen) atoms. The maximum Gasteiger partial charge on any atom is 0.242 e. The summed E-state index contributed by atoms with van der Waals surface area (Å²) in [6.45, 7) is 6.95. The lowest BCUT2D eigenvalue weighted by atomic mass is 10.1. The van der Waals surface area contributed by atoms with Gasteiger partial charge in [-0.25, -0.2) is 8.42 Å². The summed E-state index contributed by atoms with van der Waals surface area (Å²) < 4.78 is 31.7. The summed E-state index contributed by atoms with van der Waals surface area (Å²) in [6, 6.07) is 13.3. The Morgan fingerprint density at radius 1 is 1.05 bits per heavy atom. The van der Waals surface area contributed by atoms with Crippen LogP contribution >= 0.6 is 11.6 Å². The molecule has 0 saturated carbocycles. The number of nitrogens with zero attached hydrogens (tertiary/aromatic N) is 2. The Morgan fingerprint density at radius 3 is 2.32 bits per heavy atom. The third-order valence-corrected chi connectivity index (χ3v) is 7.45. The Morgan fingerprint density at radius 2 is 1.73 bits per heavy atom. The molecule has 10 heteroatoms. The number of anilines is 1. The van der Waals surface area contributed by atoms with Crippen molar-refractivity contribution in [1.29, 1.82) is 0 Å². The van der Waals surface area contributed by atoms with Crippen LogP contribution in [0.25, 0.3) is 0 Å². The molecular formula is C27H38ClN3O5S. The zero-order valence-corrected chi connectivity index (χ0v) is 23.6. The maximum atomic E-state index is 13.3. The number of sulfonamides is 1. The van der Waals surface area contributed by atoms with Gasteiger partial charge in [0.15, 0.2) is 0 Å². The van der Waals surface area contributed by atoms with E-state index < -0.39 is 16.1 Å². The monoisotopic (exact) mass is 551 g/mol. The van der Waals surface area contributed by atoms with E-state index in [9.17, 15) is 18.0 Å². The molecule has 0 aliphatic carbocycles. The molecule has 0 radical (unpaired) electrons. The van der Waals surface area contributed by atoms with Crippen LogP contribution in [0.2, 0.25) is 5.02 Å². The fourth-order valence-electron chi connectivity index (χ4n) is 3.81. The van der Waals surface area contributed by atoms with Gasteiger partial charge >= 0.3 is 0 Å². The van der Waals surface area contributed by atoms with Gasteiger partial charge < -0.3 is 15.0 Å². The SMILES string of the molecule is CCCCNC(=O)[C@H](C)N(Cc1ccccc1Cl)C(=O)CCCN(c1ccc(OCC)cc1)S(C)(=O)=O. The van der Waals surface area contributed by atoms with Gasteiger partial charge in [-0.2, -0.15) is 0 Å². The topological polar surface area (TPSA) is 96.0 Å². The van der Waals surface area contributed by atoms with Gasteiger partial charge in [0, 0.05) is 31.1 Å². The van der Waals surface area contributed by atoms with E-state index in [1.807, 2.05) is 26.0 Å². The third-order valence-electron chi connectivity index (χ3n) is 5.88. The van der Waals surface area contributed by atoms with Gasteiger partial charge in [0.2, 0.25) is 21.8 Å². The van der Waals surface area contributed by atoms with Gasteiger partial charge in [-0.15, -0.1) is 0 Å². The van der Waals surface area contributed by atoms with Crippen LogP contribution in [0.4, 0.5) is 5.69 Å². The number of benzene rings is 2. The van der Waals surface area contributed by atoms with E-state index in [4.69, 9.17) is 16.3 Å². The van der Waals surface area contributed by atoms with E-state index in [0.29, 0.717) is 29.6 Å². The largest absolute Gasteiger partial charge is 0.494 e. The fraction of sp³-hybridized carbons (Fsp3) is 0.481. The Hall–Kier alpha value is -2.78. The second kappa shape index (κ2) is 14.8. The van der Waals surface area contributed by atoms with Crippen LogP contribution in [0.1, 0.15) is 52.0 Å². The third kappa shape index (κ3) is 9.55. The lowest BCUT2D eigenvalue weighted by molar-refractivity contribution is -0.140. The quantitative estimate of drug-likeness (QED) is 0.326. The first kappa shape index (κ1) is 30.4. The fourth-order valence-corrected chi connectivity index (χ4v) is 4.97. The van der Waals surface area contributed by atoms with Crippen molar-refractivity contribution in [2.75, 3.05) is 30.3 Å². The van der Waals surface area contributed by atoms with E-state index >= 15 is 0 Å². The highest BCUT2D eigenvalue weighted by molar-refractivity contribution is 7.92. The standard InChI is InChI=1S/C27H38ClN3O5S/c1-5-7-18-29-27(33)21(3)30(20-22-11-8-9-12-25(22)28)26(32)13-10-19-31(37(4,34)35)23-14-16-24(17-15-23)36-6-2/h8-9,11-12,14-17,21H,5-7,10,13,18-20H2,1-4H3,(H,29,33)/t21-/m0/s1. The number of hydrogen-bond donors (Lipinski definition) is 1. The molecule has 0 aliphatic heterocycles. The minimum atomic E-state index is -3.57. The summed E-state index contributed by atoms with van der Waals surface area (Å²) in [5.74, 6) is 0.163. The number of carbonyl (C=O) groups excluding carboxylic acids is 2. The van der Waals surface area contributed by atoms with Crippen molar-refractivity contribution in [3.05, 3.63) is 59.1 Å². The zero-order chi connectivity index (χ0) is 27.4. The molecular weight excluding hydrogens is 514 g/mol. The van der Waals surface area contributed by atoms with Crippen molar-refractivity contribution >= 4 is 39.1 Å². The normalized spacial score (nSPS) is 12.0. The Balaban J connectivity index is 2.14. The van der Waals surface area contributed by atoms with Crippen molar-refractivity contribution in [2.45, 2.75) is 59.0 Å². The highest BCUT2D eigenvalue weighted by atomic mass is 35.5. The predicted octanol–water partition coefficient (Wildman–Crippen LogP) is 4.62. The maximum absolute atomic E-state index is 13.3. The van der Waals surface area contributed by atoms with Crippen LogP contribution in [-0.4, -0.2) is 57.1 Å². The Kier molecular flexibility index (Phi) is 12.2. The van der Waals surface area contributed by atoms with Gasteiger partial charge in [-0.05, 0) is 62.6 Å². The Labute approximate surface area is 226 Å². The van der Waals surface area contributed by atoms with Crippen LogP contribution in [0.5, 0.6) is 5.75 Å². The molecule has 0 fully saturated rings. The van der Waals surface area contributed by atoms with Crippen molar-refractivity contribution in [3.8, 4) is 5.75 Å². The van der Waals surface area contributed by atoms with E-state index in [-0.39, 0.29) is 37.7 Å². The summed E-state index contributed by atoms with van der Waals surface area (Å²) in [4.78, 5) is 27.6. The molecule has 0 aromatic heterocycles. The molecule has 2 aromatic rings. The molecule has 1 N–H and O–H groups in total. The van der Waals surface area contributed by atoms with E-state index in [0.717, 1.165) is 24.7 Å². The highest BCUT2D eigenvalue weighted by Crippen LogP contribution is 2.23. The molecule has 0 unspecified atom stereocenters. The van der Waals surface area contributed by atoms with Crippen LogP contribution in [-0.2, 0) is 26.2 Å². The summed E-state index contributed by atoms with van der Waals surface area (Å²) in [6.07, 6.45) is 3.28. The molecule has 0 saturated heterocycles. The van der Waals surface area contributed by atoms with Gasteiger partial charge in [0.05, 0.1) is 18.6 Å². The molecule has 2 aromatic carbocycles. The van der Waals surface area contributed by atoms with E-state index in [1.54, 1.807) is 43.3 Å². The summed E-state index contributed by atoms with van der Waals surface area (Å²) >= 11 is 6.33. The van der Waals surface area contributed by atoms with Crippen LogP contribution < -0.4 is 14.4 Å². The summed E-state index contributed by atoms with van der Waals surface area (Å²) in [5, 5.41) is 3.40. The van der Waals surface area contributed by atoms with Crippen molar-refractivity contribution in [1.82, 2.24) is 10.2 Å². The van der Waals surface area contributed by atoms with E-state index in [1.165, 1.54) is 9.21 Å². The lowest BCUT2D eigenvalue weighted by Gasteiger charge is -2.29. The van der Waals surface area contributed by atoms with Crippen molar-refractivity contribution < 1.29 is 22.7 Å². The number of amides is 2. The number of rotatable bonds is 15. The second-order valence-electron chi connectivity index (χ2n) is 8.80.